The smallest absolute Gasteiger partial charge is 0.462 e. The molecule has 17 nitrogen and oxygen atoms in total. The summed E-state index contributed by atoms with van der Waals surface area (Å²) in [4.78, 5) is 73.0. The fourth-order valence-electron chi connectivity index (χ4n) is 12.6. The van der Waals surface area contributed by atoms with Crippen LogP contribution in [0.25, 0.3) is 0 Å². The van der Waals surface area contributed by atoms with Gasteiger partial charge in [0.15, 0.2) is 12.2 Å². The lowest BCUT2D eigenvalue weighted by Crippen LogP contribution is -2.30. The van der Waals surface area contributed by atoms with Crippen LogP contribution >= 0.6 is 15.6 Å². The highest BCUT2D eigenvalue weighted by Crippen LogP contribution is 2.45. The lowest BCUT2D eigenvalue weighted by Gasteiger charge is -2.21. The summed E-state index contributed by atoms with van der Waals surface area (Å²) in [6.07, 6.45) is 65.2. The van der Waals surface area contributed by atoms with Crippen molar-refractivity contribution in [2.45, 2.75) is 451 Å². The summed E-state index contributed by atoms with van der Waals surface area (Å²) in [6, 6.07) is 0. The maximum Gasteiger partial charge on any atom is 0.472 e. The largest absolute Gasteiger partial charge is 0.472 e. The van der Waals surface area contributed by atoms with Gasteiger partial charge in [0.2, 0.25) is 0 Å². The van der Waals surface area contributed by atoms with E-state index in [1.165, 1.54) is 257 Å². The Balaban J connectivity index is 5.20. The van der Waals surface area contributed by atoms with Crippen molar-refractivity contribution in [1.29, 1.82) is 0 Å². The first-order valence-electron chi connectivity index (χ1n) is 42.2. The maximum absolute atomic E-state index is 13.1. The molecule has 100 heavy (non-hydrogen) atoms. The molecule has 0 saturated carbocycles. The van der Waals surface area contributed by atoms with Crippen molar-refractivity contribution in [3.05, 3.63) is 0 Å². The third kappa shape index (κ3) is 73.0. The summed E-state index contributed by atoms with van der Waals surface area (Å²) in [5.74, 6) is -1.30. The van der Waals surface area contributed by atoms with Crippen LogP contribution in [-0.4, -0.2) is 96.7 Å². The van der Waals surface area contributed by atoms with Crippen LogP contribution in [0.1, 0.15) is 433 Å². The zero-order valence-electron chi connectivity index (χ0n) is 65.3. The quantitative estimate of drug-likeness (QED) is 0.0222. The Hall–Kier alpha value is -1.94. The minimum Gasteiger partial charge on any atom is -0.462 e. The number of rotatable bonds is 81. The first kappa shape index (κ1) is 98.1. The lowest BCUT2D eigenvalue weighted by molar-refractivity contribution is -0.161. The second-order valence-electron chi connectivity index (χ2n) is 29.4. The molecule has 0 aromatic rings. The van der Waals surface area contributed by atoms with Crippen molar-refractivity contribution in [2.75, 3.05) is 39.6 Å². The number of unbranched alkanes of at least 4 members (excludes halogenated alkanes) is 52. The highest BCUT2D eigenvalue weighted by Gasteiger charge is 2.30. The highest BCUT2D eigenvalue weighted by atomic mass is 31.2. The number of phosphoric acid groups is 2. The molecule has 19 heteroatoms. The minimum absolute atomic E-state index is 0.108. The average molecular weight is 1470 g/mol. The molecule has 0 rings (SSSR count). The van der Waals surface area contributed by atoms with E-state index < -0.39 is 97.5 Å². The summed E-state index contributed by atoms with van der Waals surface area (Å²) in [7, 11) is -9.92. The maximum atomic E-state index is 13.1. The fraction of sp³-hybridized carbons (Fsp3) is 0.951. The molecule has 6 atom stereocenters. The number of hydrogen-bond acceptors (Lipinski definition) is 15. The van der Waals surface area contributed by atoms with E-state index in [4.69, 9.17) is 37.0 Å². The number of ether oxygens (including phenoxy) is 4. The number of phosphoric ester groups is 2. The highest BCUT2D eigenvalue weighted by molar-refractivity contribution is 7.47. The van der Waals surface area contributed by atoms with E-state index in [1.54, 1.807) is 0 Å². The molecule has 0 aliphatic heterocycles. The third-order valence-corrected chi connectivity index (χ3v) is 21.3. The second-order valence-corrected chi connectivity index (χ2v) is 32.3. The summed E-state index contributed by atoms with van der Waals surface area (Å²) in [6.45, 7) is 7.35. The minimum atomic E-state index is -4.96. The fourth-order valence-corrected chi connectivity index (χ4v) is 14.1. The van der Waals surface area contributed by atoms with Crippen molar-refractivity contribution in [3.63, 3.8) is 0 Å². The Morgan fingerprint density at radius 2 is 0.480 bits per heavy atom. The van der Waals surface area contributed by atoms with Crippen LogP contribution in [0, 0.1) is 5.92 Å². The predicted molar refractivity (Wildman–Crippen MR) is 409 cm³/mol. The van der Waals surface area contributed by atoms with Crippen LogP contribution in [0.15, 0.2) is 0 Å². The van der Waals surface area contributed by atoms with Gasteiger partial charge in [0.25, 0.3) is 0 Å². The van der Waals surface area contributed by atoms with Gasteiger partial charge in [-0.15, -0.1) is 0 Å². The van der Waals surface area contributed by atoms with Crippen LogP contribution in [0.5, 0.6) is 0 Å². The van der Waals surface area contributed by atoms with Gasteiger partial charge in [-0.05, 0) is 31.6 Å². The molecule has 0 spiro atoms. The van der Waals surface area contributed by atoms with Gasteiger partial charge in [0, 0.05) is 25.7 Å². The third-order valence-electron chi connectivity index (χ3n) is 19.4. The molecular weight excluding hydrogens is 1310 g/mol. The van der Waals surface area contributed by atoms with Crippen LogP contribution in [0.3, 0.4) is 0 Å². The number of aliphatic hydroxyl groups is 1. The number of carbonyl (C=O) groups is 4. The Labute approximate surface area is 613 Å². The molecule has 0 radical (unpaired) electrons. The Kier molecular flexibility index (Phi) is 72.5. The van der Waals surface area contributed by atoms with E-state index in [2.05, 4.69) is 34.6 Å². The molecule has 0 aliphatic carbocycles. The normalized spacial score (nSPS) is 14.1. The summed E-state index contributed by atoms with van der Waals surface area (Å²) in [5, 5.41) is 10.6. The molecule has 0 fully saturated rings. The Morgan fingerprint density at radius 1 is 0.280 bits per heavy atom. The molecule has 0 heterocycles. The number of hydrogen-bond donors (Lipinski definition) is 3. The zero-order valence-corrected chi connectivity index (χ0v) is 67.1. The van der Waals surface area contributed by atoms with E-state index in [-0.39, 0.29) is 25.7 Å². The van der Waals surface area contributed by atoms with Gasteiger partial charge in [0.05, 0.1) is 26.4 Å². The van der Waals surface area contributed by atoms with Gasteiger partial charge in [-0.2, -0.15) is 0 Å². The zero-order chi connectivity index (χ0) is 73.4. The Morgan fingerprint density at radius 3 is 0.710 bits per heavy atom. The molecule has 3 unspecified atom stereocenters. The van der Waals surface area contributed by atoms with Gasteiger partial charge < -0.3 is 33.8 Å². The lowest BCUT2D eigenvalue weighted by atomic mass is 9.99. The van der Waals surface area contributed by atoms with Crippen LogP contribution < -0.4 is 0 Å². The van der Waals surface area contributed by atoms with Gasteiger partial charge in [-0.25, -0.2) is 9.13 Å². The molecule has 0 amide bonds. The first-order valence-corrected chi connectivity index (χ1v) is 45.2. The molecule has 594 valence electrons. The van der Waals surface area contributed by atoms with Gasteiger partial charge in [-0.3, -0.25) is 37.3 Å². The number of aliphatic hydroxyl groups excluding tert-OH is 1. The molecule has 0 aromatic carbocycles. The van der Waals surface area contributed by atoms with E-state index in [0.29, 0.717) is 25.7 Å². The summed E-state index contributed by atoms with van der Waals surface area (Å²) >= 11 is 0. The van der Waals surface area contributed by atoms with Gasteiger partial charge in [-0.1, -0.05) is 381 Å². The summed E-state index contributed by atoms with van der Waals surface area (Å²) in [5.41, 5.74) is 0. The van der Waals surface area contributed by atoms with Crippen molar-refractivity contribution in [3.8, 4) is 0 Å². The van der Waals surface area contributed by atoms with Gasteiger partial charge in [0.1, 0.15) is 19.3 Å². The molecular formula is C81H158O17P2. The van der Waals surface area contributed by atoms with Crippen molar-refractivity contribution in [1.82, 2.24) is 0 Å². The molecule has 0 aromatic heterocycles. The summed E-state index contributed by atoms with van der Waals surface area (Å²) < 4.78 is 68.7. The van der Waals surface area contributed by atoms with Crippen LogP contribution in [0.4, 0.5) is 0 Å². The van der Waals surface area contributed by atoms with E-state index in [1.807, 2.05) is 0 Å². The Bertz CT molecular complexity index is 1910. The predicted octanol–water partition coefficient (Wildman–Crippen LogP) is 24.4. The standard InChI is InChI=1S/C81H158O17P2/c1-6-10-13-16-19-22-25-27-29-30-31-32-33-34-35-36-38-40-47-52-57-62-67-81(86)98-77(71-92-79(84)65-60-55-50-45-42-41-43-48-53-58-63-74(5)9-4)73-96-100(89,90)94-69-75(82)68-93-99(87,88)95-72-76(70-91-78(83)64-59-54-49-44-24-21-18-15-12-8-3)97-80(85)66-61-56-51-46-39-37-28-26-23-20-17-14-11-7-2/h74-77,82H,6-73H2,1-5H3,(H,87,88)(H,89,90)/t74?,75-,76+,77+/m0/s1. The molecule has 0 bridgehead atoms. The topological polar surface area (TPSA) is 237 Å². The van der Waals surface area contributed by atoms with Crippen molar-refractivity contribution >= 4 is 39.5 Å². The second kappa shape index (κ2) is 73.9. The number of esters is 4. The van der Waals surface area contributed by atoms with Crippen LogP contribution in [0.2, 0.25) is 0 Å². The monoisotopic (exact) mass is 1470 g/mol. The SMILES string of the molecule is CCCCCCCCCCCCCCCCCCCCCCCCC(=O)O[C@H](COC(=O)CCCCCCCCCCCCC(C)CC)COP(=O)(O)OC[C@@H](O)COP(=O)(O)OC[C@@H](COC(=O)CCCCCCCCCCCC)OC(=O)CCCCCCCCCCCCCCCC. The number of carbonyl (C=O) groups excluding carboxylic acids is 4. The molecule has 0 aliphatic rings. The van der Waals surface area contributed by atoms with E-state index in [9.17, 15) is 43.2 Å². The van der Waals surface area contributed by atoms with Crippen LogP contribution in [-0.2, 0) is 65.4 Å². The first-order chi connectivity index (χ1) is 48.6. The van der Waals surface area contributed by atoms with Crippen molar-refractivity contribution < 1.29 is 80.2 Å². The van der Waals surface area contributed by atoms with E-state index in [0.717, 1.165) is 95.8 Å². The van der Waals surface area contributed by atoms with E-state index >= 15 is 0 Å². The van der Waals surface area contributed by atoms with Gasteiger partial charge >= 0.3 is 39.5 Å². The average Bonchev–Trinajstić information content (AvgIpc) is 0.938. The van der Waals surface area contributed by atoms with Crippen molar-refractivity contribution in [2.24, 2.45) is 5.92 Å². The molecule has 3 N–H and O–H groups in total. The molecule has 0 saturated heterocycles.